The van der Waals surface area contributed by atoms with Crippen LogP contribution in [-0.4, -0.2) is 26.7 Å². The highest BCUT2D eigenvalue weighted by molar-refractivity contribution is 5.37. The first-order valence-corrected chi connectivity index (χ1v) is 6.15. The third kappa shape index (κ3) is 6.11. The van der Waals surface area contributed by atoms with Crippen molar-refractivity contribution in [1.82, 2.24) is 5.32 Å². The maximum atomic E-state index is 10.4. The summed E-state index contributed by atoms with van der Waals surface area (Å²) in [4.78, 5) is 10.4. The summed E-state index contributed by atoms with van der Waals surface area (Å²) in [5.41, 5.74) is 0.0813. The van der Waals surface area contributed by atoms with Gasteiger partial charge in [0, 0.05) is 12.0 Å². The van der Waals surface area contributed by atoms with Gasteiger partial charge < -0.3 is 10.1 Å². The van der Waals surface area contributed by atoms with Crippen LogP contribution in [-0.2, 0) is 9.53 Å². The summed E-state index contributed by atoms with van der Waals surface area (Å²) >= 11 is 0. The zero-order valence-electron chi connectivity index (χ0n) is 11.4. The molecule has 0 aliphatic heterocycles. The SMILES string of the molecule is CNCC(COC=O)(CC(C)C)CC(C)C. The van der Waals surface area contributed by atoms with E-state index in [1.165, 1.54) is 0 Å². The first kappa shape index (κ1) is 15.4. The Morgan fingerprint density at radius 3 is 2.00 bits per heavy atom. The van der Waals surface area contributed by atoms with Crippen LogP contribution in [0.2, 0.25) is 0 Å². The van der Waals surface area contributed by atoms with Crippen LogP contribution >= 0.6 is 0 Å². The van der Waals surface area contributed by atoms with Crippen molar-refractivity contribution >= 4 is 6.47 Å². The van der Waals surface area contributed by atoms with E-state index in [1.54, 1.807) is 0 Å². The fraction of sp³-hybridized carbons (Fsp3) is 0.923. The topological polar surface area (TPSA) is 38.3 Å². The molecule has 0 rings (SSSR count). The lowest BCUT2D eigenvalue weighted by Crippen LogP contribution is -2.39. The summed E-state index contributed by atoms with van der Waals surface area (Å²) in [6.07, 6.45) is 2.17. The number of nitrogens with one attached hydrogen (secondary N) is 1. The minimum atomic E-state index is 0.0813. The van der Waals surface area contributed by atoms with Crippen LogP contribution in [0.15, 0.2) is 0 Å². The molecule has 3 heteroatoms. The Morgan fingerprint density at radius 2 is 1.69 bits per heavy atom. The number of carbonyl (C=O) groups is 1. The van der Waals surface area contributed by atoms with Crippen LogP contribution in [0.25, 0.3) is 0 Å². The Kier molecular flexibility index (Phi) is 7.39. The molecule has 0 aromatic rings. The fourth-order valence-corrected chi connectivity index (χ4v) is 2.71. The maximum absolute atomic E-state index is 10.4. The normalized spacial score (nSPS) is 12.2. The van der Waals surface area contributed by atoms with E-state index in [2.05, 4.69) is 33.0 Å². The molecule has 96 valence electrons. The molecule has 3 nitrogen and oxygen atoms in total. The van der Waals surface area contributed by atoms with Gasteiger partial charge in [-0.2, -0.15) is 0 Å². The second kappa shape index (κ2) is 7.66. The van der Waals surface area contributed by atoms with Crippen molar-refractivity contribution in [3.63, 3.8) is 0 Å². The molecule has 0 spiro atoms. The Balaban J connectivity index is 4.64. The molecule has 0 unspecified atom stereocenters. The minimum Gasteiger partial charge on any atom is -0.467 e. The highest BCUT2D eigenvalue weighted by Gasteiger charge is 2.32. The standard InChI is InChI=1S/C13H27NO2/c1-11(2)6-13(8-14-5,7-12(3)4)9-16-10-15/h10-12,14H,6-9H2,1-5H3. The van der Waals surface area contributed by atoms with E-state index in [1.807, 2.05) is 7.05 Å². The summed E-state index contributed by atoms with van der Waals surface area (Å²) in [7, 11) is 1.95. The number of hydrogen-bond acceptors (Lipinski definition) is 3. The molecule has 1 N–H and O–H groups in total. The first-order valence-electron chi connectivity index (χ1n) is 6.15. The van der Waals surface area contributed by atoms with Gasteiger partial charge in [0.2, 0.25) is 0 Å². The van der Waals surface area contributed by atoms with E-state index in [9.17, 15) is 4.79 Å². The second-order valence-electron chi connectivity index (χ2n) is 5.63. The van der Waals surface area contributed by atoms with Crippen molar-refractivity contribution in [2.75, 3.05) is 20.2 Å². The third-order valence-electron chi connectivity index (χ3n) is 2.69. The predicted molar refractivity (Wildman–Crippen MR) is 67.3 cm³/mol. The van der Waals surface area contributed by atoms with Gasteiger partial charge in [0.15, 0.2) is 0 Å². The van der Waals surface area contributed by atoms with Gasteiger partial charge in [-0.15, -0.1) is 0 Å². The Morgan fingerprint density at radius 1 is 1.19 bits per heavy atom. The van der Waals surface area contributed by atoms with Gasteiger partial charge in [0.25, 0.3) is 6.47 Å². The molecule has 0 saturated carbocycles. The quantitative estimate of drug-likeness (QED) is 0.617. The highest BCUT2D eigenvalue weighted by Crippen LogP contribution is 2.33. The molecule has 0 atom stereocenters. The van der Waals surface area contributed by atoms with Crippen LogP contribution in [0.3, 0.4) is 0 Å². The van der Waals surface area contributed by atoms with E-state index in [4.69, 9.17) is 4.74 Å². The highest BCUT2D eigenvalue weighted by atomic mass is 16.5. The minimum absolute atomic E-state index is 0.0813. The van der Waals surface area contributed by atoms with Crippen molar-refractivity contribution in [1.29, 1.82) is 0 Å². The molecule has 0 amide bonds. The van der Waals surface area contributed by atoms with E-state index in [0.717, 1.165) is 19.4 Å². The van der Waals surface area contributed by atoms with Crippen molar-refractivity contribution in [3.8, 4) is 0 Å². The van der Waals surface area contributed by atoms with Gasteiger partial charge in [-0.05, 0) is 31.7 Å². The lowest BCUT2D eigenvalue weighted by molar-refractivity contribution is -0.132. The number of hydrogen-bond donors (Lipinski definition) is 1. The van der Waals surface area contributed by atoms with Crippen LogP contribution < -0.4 is 5.32 Å². The van der Waals surface area contributed by atoms with E-state index in [0.29, 0.717) is 24.9 Å². The molecule has 0 radical (unpaired) electrons. The molecule has 0 aromatic carbocycles. The lowest BCUT2D eigenvalue weighted by atomic mass is 9.74. The van der Waals surface area contributed by atoms with Gasteiger partial charge in [-0.25, -0.2) is 0 Å². The van der Waals surface area contributed by atoms with Gasteiger partial charge in [0.1, 0.15) is 0 Å². The van der Waals surface area contributed by atoms with Crippen LogP contribution in [0.1, 0.15) is 40.5 Å². The zero-order chi connectivity index (χ0) is 12.6. The van der Waals surface area contributed by atoms with Gasteiger partial charge in [0.05, 0.1) is 6.61 Å². The largest absolute Gasteiger partial charge is 0.467 e. The zero-order valence-corrected chi connectivity index (χ0v) is 11.4. The van der Waals surface area contributed by atoms with Crippen molar-refractivity contribution in [2.45, 2.75) is 40.5 Å². The molecule has 0 aliphatic rings. The van der Waals surface area contributed by atoms with Crippen LogP contribution in [0.4, 0.5) is 0 Å². The second-order valence-corrected chi connectivity index (χ2v) is 5.63. The smallest absolute Gasteiger partial charge is 0.293 e. The molecule has 0 aliphatic carbocycles. The van der Waals surface area contributed by atoms with Gasteiger partial charge >= 0.3 is 0 Å². The number of carbonyl (C=O) groups excluding carboxylic acids is 1. The monoisotopic (exact) mass is 229 g/mol. The predicted octanol–water partition coefficient (Wildman–Crippen LogP) is 2.46. The van der Waals surface area contributed by atoms with Gasteiger partial charge in [-0.1, -0.05) is 27.7 Å². The average molecular weight is 229 g/mol. The fourth-order valence-electron chi connectivity index (χ4n) is 2.71. The first-order chi connectivity index (χ1) is 7.45. The summed E-state index contributed by atoms with van der Waals surface area (Å²) < 4.78 is 5.03. The van der Waals surface area contributed by atoms with Crippen molar-refractivity contribution in [2.24, 2.45) is 17.3 Å². The third-order valence-corrected chi connectivity index (χ3v) is 2.69. The van der Waals surface area contributed by atoms with E-state index in [-0.39, 0.29) is 5.41 Å². The Hall–Kier alpha value is -0.570. The molecule has 0 bridgehead atoms. The lowest BCUT2D eigenvalue weighted by Gasteiger charge is -2.35. The number of ether oxygens (including phenoxy) is 1. The summed E-state index contributed by atoms with van der Waals surface area (Å²) in [6, 6.07) is 0. The maximum Gasteiger partial charge on any atom is 0.293 e. The van der Waals surface area contributed by atoms with Crippen molar-refractivity contribution in [3.05, 3.63) is 0 Å². The Labute approximate surface area is 99.9 Å². The van der Waals surface area contributed by atoms with Crippen molar-refractivity contribution < 1.29 is 9.53 Å². The molecule has 0 saturated heterocycles. The van der Waals surface area contributed by atoms with Crippen LogP contribution in [0.5, 0.6) is 0 Å². The molecular formula is C13H27NO2. The van der Waals surface area contributed by atoms with Gasteiger partial charge in [-0.3, -0.25) is 4.79 Å². The molecule has 0 aromatic heterocycles. The molecule has 16 heavy (non-hydrogen) atoms. The molecule has 0 heterocycles. The Bertz CT molecular complexity index is 180. The summed E-state index contributed by atoms with van der Waals surface area (Å²) in [5, 5.41) is 3.23. The summed E-state index contributed by atoms with van der Waals surface area (Å²) in [6.45, 7) is 10.8. The molecule has 0 fully saturated rings. The average Bonchev–Trinajstić information content (AvgIpc) is 2.13. The number of rotatable bonds is 9. The van der Waals surface area contributed by atoms with Crippen LogP contribution in [0, 0.1) is 17.3 Å². The van der Waals surface area contributed by atoms with E-state index >= 15 is 0 Å². The van der Waals surface area contributed by atoms with E-state index < -0.39 is 0 Å². The summed E-state index contributed by atoms with van der Waals surface area (Å²) in [5.74, 6) is 1.23. The molecular weight excluding hydrogens is 202 g/mol.